The summed E-state index contributed by atoms with van der Waals surface area (Å²) in [5, 5.41) is 9.64. The van der Waals surface area contributed by atoms with E-state index in [1.807, 2.05) is 19.1 Å². The molecule has 0 aliphatic carbocycles. The minimum Gasteiger partial charge on any atom is -0.393 e. The highest BCUT2D eigenvalue weighted by molar-refractivity contribution is 5.18. The molecule has 0 aliphatic rings. The monoisotopic (exact) mass is 195 g/mol. The van der Waals surface area contributed by atoms with Gasteiger partial charge in [0.1, 0.15) is 0 Å². The van der Waals surface area contributed by atoms with Crippen LogP contribution in [0.1, 0.15) is 17.7 Å². The molecule has 3 heteroatoms. The van der Waals surface area contributed by atoms with Crippen molar-refractivity contribution in [2.24, 2.45) is 0 Å². The number of nitrogens with zero attached hydrogens (tertiary/aromatic N) is 1. The number of aromatic nitrogens is 1. The molecular formula is C11H17NO2. The third-order valence-corrected chi connectivity index (χ3v) is 2.20. The van der Waals surface area contributed by atoms with E-state index < -0.39 is 0 Å². The zero-order valence-electron chi connectivity index (χ0n) is 8.73. The van der Waals surface area contributed by atoms with Crippen molar-refractivity contribution in [2.45, 2.75) is 25.9 Å². The van der Waals surface area contributed by atoms with Gasteiger partial charge in [0.05, 0.1) is 6.10 Å². The first-order valence-electron chi connectivity index (χ1n) is 4.81. The van der Waals surface area contributed by atoms with E-state index in [2.05, 4.69) is 4.98 Å². The van der Waals surface area contributed by atoms with Crippen LogP contribution in [0.25, 0.3) is 0 Å². The van der Waals surface area contributed by atoms with Gasteiger partial charge in [-0.3, -0.25) is 4.98 Å². The molecule has 1 atom stereocenters. The Morgan fingerprint density at radius 1 is 1.57 bits per heavy atom. The van der Waals surface area contributed by atoms with Crippen molar-refractivity contribution in [1.29, 1.82) is 0 Å². The average Bonchev–Trinajstić information content (AvgIpc) is 2.18. The summed E-state index contributed by atoms with van der Waals surface area (Å²) in [4.78, 5) is 4.23. The Kier molecular flexibility index (Phi) is 4.56. The first-order valence-corrected chi connectivity index (χ1v) is 4.81. The Hall–Kier alpha value is -0.930. The zero-order chi connectivity index (χ0) is 10.4. The van der Waals surface area contributed by atoms with E-state index in [9.17, 15) is 5.11 Å². The van der Waals surface area contributed by atoms with E-state index in [1.54, 1.807) is 13.3 Å². The maximum absolute atomic E-state index is 9.64. The fourth-order valence-corrected chi connectivity index (χ4v) is 1.31. The van der Waals surface area contributed by atoms with Crippen molar-refractivity contribution >= 4 is 0 Å². The summed E-state index contributed by atoms with van der Waals surface area (Å²) in [5.41, 5.74) is 2.10. The van der Waals surface area contributed by atoms with E-state index in [-0.39, 0.29) is 6.10 Å². The Bertz CT molecular complexity index is 276. The number of ether oxygens (including phenoxy) is 1. The molecule has 0 fully saturated rings. The lowest BCUT2D eigenvalue weighted by molar-refractivity contribution is 0.109. The largest absolute Gasteiger partial charge is 0.393 e. The summed E-state index contributed by atoms with van der Waals surface area (Å²) in [6.07, 6.45) is 2.66. The van der Waals surface area contributed by atoms with Crippen LogP contribution in [-0.2, 0) is 11.2 Å². The number of methoxy groups -OCH3 is 1. The predicted molar refractivity (Wildman–Crippen MR) is 55.2 cm³/mol. The van der Waals surface area contributed by atoms with Crippen LogP contribution in [-0.4, -0.2) is 29.9 Å². The van der Waals surface area contributed by atoms with Crippen molar-refractivity contribution in [3.05, 3.63) is 29.6 Å². The van der Waals surface area contributed by atoms with Gasteiger partial charge >= 0.3 is 0 Å². The molecule has 0 radical (unpaired) electrons. The van der Waals surface area contributed by atoms with E-state index in [0.29, 0.717) is 19.4 Å². The van der Waals surface area contributed by atoms with Crippen LogP contribution in [0.4, 0.5) is 0 Å². The summed E-state index contributed by atoms with van der Waals surface area (Å²) in [6.45, 7) is 2.60. The second-order valence-electron chi connectivity index (χ2n) is 3.41. The van der Waals surface area contributed by atoms with E-state index in [4.69, 9.17) is 4.74 Å². The van der Waals surface area contributed by atoms with Gasteiger partial charge in [0.15, 0.2) is 0 Å². The molecule has 0 saturated carbocycles. The van der Waals surface area contributed by atoms with Gasteiger partial charge in [-0.05, 0) is 25.0 Å². The Labute approximate surface area is 84.7 Å². The number of aliphatic hydroxyl groups is 1. The van der Waals surface area contributed by atoms with Gasteiger partial charge in [-0.25, -0.2) is 0 Å². The minimum absolute atomic E-state index is 0.358. The molecule has 1 heterocycles. The average molecular weight is 195 g/mol. The van der Waals surface area contributed by atoms with Crippen LogP contribution >= 0.6 is 0 Å². The van der Waals surface area contributed by atoms with Crippen molar-refractivity contribution < 1.29 is 9.84 Å². The third kappa shape index (κ3) is 3.44. The summed E-state index contributed by atoms with van der Waals surface area (Å²) in [6, 6.07) is 3.91. The normalized spacial score (nSPS) is 12.8. The molecule has 0 bridgehead atoms. The van der Waals surface area contributed by atoms with E-state index >= 15 is 0 Å². The number of hydrogen-bond acceptors (Lipinski definition) is 3. The minimum atomic E-state index is -0.358. The van der Waals surface area contributed by atoms with Crippen LogP contribution in [0.3, 0.4) is 0 Å². The molecule has 1 aromatic rings. The standard InChI is InChI=1S/C11H17NO2/c1-9-4-3-6-12-11(9)8-10(13)5-7-14-2/h3-4,6,10,13H,5,7-8H2,1-2H3. The van der Waals surface area contributed by atoms with Crippen LogP contribution < -0.4 is 0 Å². The highest BCUT2D eigenvalue weighted by atomic mass is 16.5. The fourth-order valence-electron chi connectivity index (χ4n) is 1.31. The van der Waals surface area contributed by atoms with Gasteiger partial charge in [0, 0.05) is 32.0 Å². The Morgan fingerprint density at radius 3 is 3.00 bits per heavy atom. The molecule has 1 unspecified atom stereocenters. The second kappa shape index (κ2) is 5.73. The topological polar surface area (TPSA) is 42.4 Å². The summed E-state index contributed by atoms with van der Waals surface area (Å²) < 4.78 is 4.90. The van der Waals surface area contributed by atoms with Crippen LogP contribution in [0.5, 0.6) is 0 Å². The molecule has 0 amide bonds. The molecule has 0 aliphatic heterocycles. The Morgan fingerprint density at radius 2 is 2.36 bits per heavy atom. The summed E-state index contributed by atoms with van der Waals surface area (Å²) in [5.74, 6) is 0. The van der Waals surface area contributed by atoms with Gasteiger partial charge in [0.2, 0.25) is 0 Å². The SMILES string of the molecule is COCCC(O)Cc1ncccc1C. The molecule has 0 spiro atoms. The summed E-state index contributed by atoms with van der Waals surface area (Å²) in [7, 11) is 1.64. The molecule has 3 nitrogen and oxygen atoms in total. The molecule has 1 rings (SSSR count). The quantitative estimate of drug-likeness (QED) is 0.770. The van der Waals surface area contributed by atoms with Gasteiger partial charge in [-0.15, -0.1) is 0 Å². The van der Waals surface area contributed by atoms with Gasteiger partial charge in [-0.2, -0.15) is 0 Å². The maximum Gasteiger partial charge on any atom is 0.0617 e. The lowest BCUT2D eigenvalue weighted by atomic mass is 10.1. The summed E-state index contributed by atoms with van der Waals surface area (Å²) >= 11 is 0. The molecule has 0 aromatic carbocycles. The second-order valence-corrected chi connectivity index (χ2v) is 3.41. The lowest BCUT2D eigenvalue weighted by Gasteiger charge is -2.10. The van der Waals surface area contributed by atoms with Crippen molar-refractivity contribution in [3.63, 3.8) is 0 Å². The molecule has 14 heavy (non-hydrogen) atoms. The molecule has 78 valence electrons. The molecule has 0 saturated heterocycles. The zero-order valence-corrected chi connectivity index (χ0v) is 8.73. The van der Waals surface area contributed by atoms with Crippen LogP contribution in [0.15, 0.2) is 18.3 Å². The number of hydrogen-bond donors (Lipinski definition) is 1. The van der Waals surface area contributed by atoms with E-state index in [1.165, 1.54) is 0 Å². The highest BCUT2D eigenvalue weighted by Gasteiger charge is 2.07. The van der Waals surface area contributed by atoms with Crippen LogP contribution in [0, 0.1) is 6.92 Å². The van der Waals surface area contributed by atoms with Crippen molar-refractivity contribution in [1.82, 2.24) is 4.98 Å². The van der Waals surface area contributed by atoms with Gasteiger partial charge in [0.25, 0.3) is 0 Å². The first kappa shape index (κ1) is 11.1. The van der Waals surface area contributed by atoms with Gasteiger partial charge in [-0.1, -0.05) is 6.07 Å². The molecule has 1 aromatic heterocycles. The maximum atomic E-state index is 9.64. The highest BCUT2D eigenvalue weighted by Crippen LogP contribution is 2.08. The van der Waals surface area contributed by atoms with E-state index in [0.717, 1.165) is 11.3 Å². The predicted octanol–water partition coefficient (Wildman–Crippen LogP) is 1.33. The van der Waals surface area contributed by atoms with Crippen molar-refractivity contribution in [3.8, 4) is 0 Å². The van der Waals surface area contributed by atoms with Crippen molar-refractivity contribution in [2.75, 3.05) is 13.7 Å². The fraction of sp³-hybridized carbons (Fsp3) is 0.545. The number of rotatable bonds is 5. The van der Waals surface area contributed by atoms with Gasteiger partial charge < -0.3 is 9.84 Å². The molecular weight excluding hydrogens is 178 g/mol. The van der Waals surface area contributed by atoms with Crippen LogP contribution in [0.2, 0.25) is 0 Å². The third-order valence-electron chi connectivity index (χ3n) is 2.20. The number of aliphatic hydroxyl groups excluding tert-OH is 1. The lowest BCUT2D eigenvalue weighted by Crippen LogP contribution is -2.14. The Balaban J connectivity index is 2.47. The molecule has 1 N–H and O–H groups in total. The smallest absolute Gasteiger partial charge is 0.0617 e. The number of pyridine rings is 1. The number of aryl methyl sites for hydroxylation is 1. The first-order chi connectivity index (χ1) is 6.74.